The summed E-state index contributed by atoms with van der Waals surface area (Å²) in [6.07, 6.45) is 1.66. The van der Waals surface area contributed by atoms with Crippen molar-refractivity contribution in [3.05, 3.63) is 45.8 Å². The molecule has 0 aliphatic heterocycles. The van der Waals surface area contributed by atoms with Gasteiger partial charge in [0.15, 0.2) is 0 Å². The van der Waals surface area contributed by atoms with Gasteiger partial charge in [-0.3, -0.25) is 4.79 Å². The second-order valence-corrected chi connectivity index (χ2v) is 8.89. The van der Waals surface area contributed by atoms with Gasteiger partial charge < -0.3 is 20.1 Å². The molecule has 3 rings (SSSR count). The molecule has 0 atom stereocenters. The number of methoxy groups -OCH3 is 1. The van der Waals surface area contributed by atoms with E-state index in [1.54, 1.807) is 24.5 Å². The predicted octanol–water partition coefficient (Wildman–Crippen LogP) is 3.15. The molecule has 0 bridgehead atoms. The van der Waals surface area contributed by atoms with Crippen LogP contribution in [-0.4, -0.2) is 51.5 Å². The first kappa shape index (κ1) is 22.0. The molecule has 0 fully saturated rings. The van der Waals surface area contributed by atoms with Crippen LogP contribution in [-0.2, 0) is 14.9 Å². The third-order valence-corrected chi connectivity index (χ3v) is 6.58. The number of anilines is 1. The van der Waals surface area contributed by atoms with Crippen LogP contribution in [0.25, 0.3) is 16.5 Å². The smallest absolute Gasteiger partial charge is 0.262 e. The molecule has 1 aromatic heterocycles. The Bertz CT molecular complexity index is 1020. The van der Waals surface area contributed by atoms with E-state index in [1.807, 2.05) is 18.0 Å². The van der Waals surface area contributed by atoms with Crippen molar-refractivity contribution < 1.29 is 14.6 Å². The molecule has 0 saturated carbocycles. The number of aliphatic hydroxyl groups excluding tert-OH is 1. The van der Waals surface area contributed by atoms with Crippen LogP contribution >= 0.6 is 11.3 Å². The molecule has 0 spiro atoms. The molecular formula is C23H27N3O3S. The molecule has 1 heterocycles. The van der Waals surface area contributed by atoms with E-state index in [0.29, 0.717) is 19.7 Å². The van der Waals surface area contributed by atoms with Gasteiger partial charge in [-0.2, -0.15) is 5.26 Å². The first-order valence-electron chi connectivity index (χ1n) is 9.83. The highest BCUT2D eigenvalue weighted by atomic mass is 32.1. The molecule has 0 saturated heterocycles. The lowest BCUT2D eigenvalue weighted by Gasteiger charge is -2.24. The number of hydrogen-bond acceptors (Lipinski definition) is 6. The molecular weight excluding hydrogens is 398 g/mol. The Hall–Kier alpha value is -2.66. The van der Waals surface area contributed by atoms with Crippen molar-refractivity contribution in [3.8, 4) is 16.5 Å². The minimum absolute atomic E-state index is 0.0880. The number of thiophene rings is 1. The number of carbonyl (C=O) groups excluding carboxylic acids is 1. The molecule has 1 aliphatic rings. The Kier molecular flexibility index (Phi) is 6.61. The third kappa shape index (κ3) is 4.12. The van der Waals surface area contributed by atoms with Crippen molar-refractivity contribution in [2.75, 3.05) is 45.4 Å². The third-order valence-electron chi connectivity index (χ3n) is 5.47. The van der Waals surface area contributed by atoms with Crippen LogP contribution in [0, 0.1) is 11.3 Å². The normalized spacial score (nSPS) is 14.1. The van der Waals surface area contributed by atoms with Gasteiger partial charge in [0.2, 0.25) is 0 Å². The number of nitrogens with zero attached hydrogens (tertiary/aromatic N) is 2. The second kappa shape index (κ2) is 9.00. The number of nitriles is 1. The number of carbonyl (C=O) groups is 1. The fourth-order valence-corrected chi connectivity index (χ4v) is 5.01. The van der Waals surface area contributed by atoms with Crippen molar-refractivity contribution in [1.82, 2.24) is 5.32 Å². The summed E-state index contributed by atoms with van der Waals surface area (Å²) in [4.78, 5) is 16.3. The molecule has 30 heavy (non-hydrogen) atoms. The number of rotatable bonds is 8. The van der Waals surface area contributed by atoms with Gasteiger partial charge in [0.05, 0.1) is 13.2 Å². The standard InChI is InChI=1S/C23H27N3O3S/c1-23(2)19-12-16(26(3)8-9-27)5-6-18(19)21-20(23)13-17(30-21)11-15(14-24)22(28)25-7-10-29-4/h5-6,11-13,27H,7-10H2,1-4H3,(H,25,28)/b15-11+. The lowest BCUT2D eigenvalue weighted by atomic mass is 9.82. The van der Waals surface area contributed by atoms with Crippen molar-refractivity contribution in [1.29, 1.82) is 5.26 Å². The van der Waals surface area contributed by atoms with Crippen LogP contribution in [0.1, 0.15) is 29.9 Å². The van der Waals surface area contributed by atoms with E-state index < -0.39 is 0 Å². The summed E-state index contributed by atoms with van der Waals surface area (Å²) in [5, 5.41) is 21.3. The molecule has 158 valence electrons. The number of fused-ring (bicyclic) bond motifs is 3. The summed E-state index contributed by atoms with van der Waals surface area (Å²) in [6.45, 7) is 5.84. The zero-order valence-electron chi connectivity index (χ0n) is 17.8. The maximum Gasteiger partial charge on any atom is 0.262 e. The first-order valence-corrected chi connectivity index (χ1v) is 10.6. The van der Waals surface area contributed by atoms with Crippen LogP contribution in [0.3, 0.4) is 0 Å². The molecule has 0 unspecified atom stereocenters. The summed E-state index contributed by atoms with van der Waals surface area (Å²) < 4.78 is 4.93. The Balaban J connectivity index is 1.93. The lowest BCUT2D eigenvalue weighted by Crippen LogP contribution is -2.27. The molecule has 2 aromatic rings. The van der Waals surface area contributed by atoms with Gasteiger partial charge in [0, 0.05) is 48.1 Å². The van der Waals surface area contributed by atoms with E-state index in [2.05, 4.69) is 43.4 Å². The molecule has 6 nitrogen and oxygen atoms in total. The van der Waals surface area contributed by atoms with Gasteiger partial charge in [0.25, 0.3) is 5.91 Å². The number of likely N-dealkylation sites (N-methyl/N-ethyl adjacent to an activating group) is 1. The number of hydrogen-bond donors (Lipinski definition) is 2. The van der Waals surface area contributed by atoms with Crippen LogP contribution in [0.5, 0.6) is 0 Å². The van der Waals surface area contributed by atoms with E-state index in [4.69, 9.17) is 4.74 Å². The van der Waals surface area contributed by atoms with E-state index in [1.165, 1.54) is 21.6 Å². The second-order valence-electron chi connectivity index (χ2n) is 7.81. The Morgan fingerprint density at radius 1 is 1.37 bits per heavy atom. The molecule has 1 aliphatic carbocycles. The monoisotopic (exact) mass is 425 g/mol. The molecule has 0 radical (unpaired) electrons. The fraction of sp³-hybridized carbons (Fsp3) is 0.391. The van der Waals surface area contributed by atoms with Crippen molar-refractivity contribution in [2.24, 2.45) is 0 Å². The van der Waals surface area contributed by atoms with Crippen molar-refractivity contribution in [3.63, 3.8) is 0 Å². The van der Waals surface area contributed by atoms with Gasteiger partial charge in [-0.1, -0.05) is 19.9 Å². The first-order chi connectivity index (χ1) is 14.3. The van der Waals surface area contributed by atoms with Gasteiger partial charge in [-0.25, -0.2) is 0 Å². The largest absolute Gasteiger partial charge is 0.395 e. The lowest BCUT2D eigenvalue weighted by molar-refractivity contribution is -0.117. The van der Waals surface area contributed by atoms with Crippen molar-refractivity contribution >= 4 is 29.0 Å². The number of benzene rings is 1. The SMILES string of the molecule is COCCNC(=O)/C(C#N)=C/c1cc2c(s1)-c1ccc(N(C)CCO)cc1C2(C)C. The number of nitrogens with one attached hydrogen (secondary N) is 1. The summed E-state index contributed by atoms with van der Waals surface area (Å²) in [6, 6.07) is 10.5. The molecule has 7 heteroatoms. The van der Waals surface area contributed by atoms with Crippen molar-refractivity contribution in [2.45, 2.75) is 19.3 Å². The predicted molar refractivity (Wildman–Crippen MR) is 121 cm³/mol. The maximum absolute atomic E-state index is 12.2. The van der Waals surface area contributed by atoms with Gasteiger partial charge in [0.1, 0.15) is 11.6 Å². The quantitative estimate of drug-likeness (QED) is 0.386. The average molecular weight is 426 g/mol. The fourth-order valence-electron chi connectivity index (χ4n) is 3.71. The van der Waals surface area contributed by atoms with Crippen LogP contribution in [0.4, 0.5) is 5.69 Å². The summed E-state index contributed by atoms with van der Waals surface area (Å²) in [5.74, 6) is -0.390. The van der Waals surface area contributed by atoms with Crippen LogP contribution < -0.4 is 10.2 Å². The Morgan fingerprint density at radius 2 is 2.13 bits per heavy atom. The summed E-state index contributed by atoms with van der Waals surface area (Å²) in [7, 11) is 3.53. The molecule has 1 amide bonds. The Labute approximate surface area is 181 Å². The number of aliphatic hydroxyl groups is 1. The van der Waals surface area contributed by atoms with E-state index in [-0.39, 0.29) is 23.5 Å². The maximum atomic E-state index is 12.2. The zero-order valence-corrected chi connectivity index (χ0v) is 18.6. The van der Waals surface area contributed by atoms with Crippen LogP contribution in [0.2, 0.25) is 0 Å². The minimum Gasteiger partial charge on any atom is -0.395 e. The number of ether oxygens (including phenoxy) is 1. The average Bonchev–Trinajstić information content (AvgIpc) is 3.23. The summed E-state index contributed by atoms with van der Waals surface area (Å²) in [5.41, 5.74) is 4.61. The topological polar surface area (TPSA) is 85.6 Å². The minimum atomic E-state index is -0.390. The number of amides is 1. The van der Waals surface area contributed by atoms with Gasteiger partial charge in [-0.05, 0) is 41.0 Å². The highest BCUT2D eigenvalue weighted by molar-refractivity contribution is 7.16. The van der Waals surface area contributed by atoms with Gasteiger partial charge in [-0.15, -0.1) is 11.3 Å². The van der Waals surface area contributed by atoms with E-state index in [9.17, 15) is 15.2 Å². The van der Waals surface area contributed by atoms with E-state index in [0.717, 1.165) is 10.6 Å². The van der Waals surface area contributed by atoms with Crippen LogP contribution in [0.15, 0.2) is 29.8 Å². The molecule has 2 N–H and O–H groups in total. The summed E-state index contributed by atoms with van der Waals surface area (Å²) >= 11 is 1.60. The van der Waals surface area contributed by atoms with Gasteiger partial charge >= 0.3 is 0 Å². The molecule has 1 aromatic carbocycles. The zero-order chi connectivity index (χ0) is 21.9. The highest BCUT2D eigenvalue weighted by Crippen LogP contribution is 2.53. The van der Waals surface area contributed by atoms with E-state index >= 15 is 0 Å². The highest BCUT2D eigenvalue weighted by Gasteiger charge is 2.37. The Morgan fingerprint density at radius 3 is 2.80 bits per heavy atom.